The number of likely N-dealkylation sites (tertiary alicyclic amines) is 1. The van der Waals surface area contributed by atoms with E-state index in [0.29, 0.717) is 12.1 Å². The molecule has 1 amide bonds. The topological polar surface area (TPSA) is 82.2 Å². The number of benzene rings is 1. The Morgan fingerprint density at radius 2 is 1.88 bits per heavy atom. The van der Waals surface area contributed by atoms with Crippen molar-refractivity contribution in [2.45, 2.75) is 70.8 Å². The van der Waals surface area contributed by atoms with E-state index in [0.717, 1.165) is 25.8 Å². The Kier molecular flexibility index (Phi) is 8.45. The summed E-state index contributed by atoms with van der Waals surface area (Å²) in [4.78, 5) is 14.2. The Labute approximate surface area is 157 Å². The van der Waals surface area contributed by atoms with Gasteiger partial charge in [-0.3, -0.25) is 10.2 Å². The van der Waals surface area contributed by atoms with Gasteiger partial charge in [0.05, 0.1) is 0 Å². The summed E-state index contributed by atoms with van der Waals surface area (Å²) in [5.41, 5.74) is 7.59. The highest BCUT2D eigenvalue weighted by molar-refractivity contribution is 5.94. The number of nitrogens with one attached hydrogen (secondary N) is 2. The zero-order valence-corrected chi connectivity index (χ0v) is 16.1. The van der Waals surface area contributed by atoms with Crippen LogP contribution in [0.25, 0.3) is 0 Å². The predicted molar refractivity (Wildman–Crippen MR) is 107 cm³/mol. The molecule has 1 aliphatic heterocycles. The molecule has 0 saturated carbocycles. The highest BCUT2D eigenvalue weighted by Gasteiger charge is 2.25. The third-order valence-corrected chi connectivity index (χ3v) is 5.22. The molecule has 0 bridgehead atoms. The van der Waals surface area contributed by atoms with E-state index in [9.17, 15) is 4.79 Å². The lowest BCUT2D eigenvalue weighted by molar-refractivity contribution is 0.0946. The largest absolute Gasteiger partial charge is 0.370 e. The molecule has 1 aliphatic rings. The predicted octanol–water partition coefficient (Wildman–Crippen LogP) is 3.68. The van der Waals surface area contributed by atoms with Crippen LogP contribution in [0.1, 0.15) is 74.2 Å². The van der Waals surface area contributed by atoms with Crippen LogP contribution in [0.5, 0.6) is 0 Å². The van der Waals surface area contributed by atoms with Crippen molar-refractivity contribution in [2.75, 3.05) is 13.1 Å². The number of hydrogen-bond donors (Lipinski definition) is 3. The molecular formula is C21H34N4O. The van der Waals surface area contributed by atoms with Gasteiger partial charge in [-0.2, -0.15) is 0 Å². The molecule has 5 nitrogen and oxygen atoms in total. The molecule has 1 saturated heterocycles. The van der Waals surface area contributed by atoms with Crippen molar-refractivity contribution in [2.24, 2.45) is 5.73 Å². The van der Waals surface area contributed by atoms with E-state index in [1.165, 1.54) is 44.1 Å². The van der Waals surface area contributed by atoms with E-state index >= 15 is 0 Å². The third kappa shape index (κ3) is 6.36. The first-order valence-electron chi connectivity index (χ1n) is 10.1. The molecule has 144 valence electrons. The molecule has 0 radical (unpaired) electrons. The first kappa shape index (κ1) is 20.3. The second kappa shape index (κ2) is 10.8. The monoisotopic (exact) mass is 358 g/mol. The van der Waals surface area contributed by atoms with E-state index in [4.69, 9.17) is 11.1 Å². The molecule has 1 heterocycles. The molecule has 5 heteroatoms. The summed E-state index contributed by atoms with van der Waals surface area (Å²) in [6.07, 6.45) is 10.9. The van der Waals surface area contributed by atoms with Gasteiger partial charge in [0.1, 0.15) is 0 Å². The number of unbranched alkanes of at least 4 members (excludes halogenated alkanes) is 5. The molecule has 1 aromatic rings. The van der Waals surface area contributed by atoms with Crippen LogP contribution in [-0.2, 0) is 6.42 Å². The van der Waals surface area contributed by atoms with Crippen LogP contribution >= 0.6 is 0 Å². The van der Waals surface area contributed by atoms with Crippen LogP contribution in [0.3, 0.4) is 0 Å². The minimum Gasteiger partial charge on any atom is -0.370 e. The smallest absolute Gasteiger partial charge is 0.251 e. The maximum Gasteiger partial charge on any atom is 0.251 e. The third-order valence-electron chi connectivity index (χ3n) is 5.22. The van der Waals surface area contributed by atoms with Gasteiger partial charge in [-0.05, 0) is 43.4 Å². The van der Waals surface area contributed by atoms with Crippen LogP contribution in [0.4, 0.5) is 0 Å². The lowest BCUT2D eigenvalue weighted by Crippen LogP contribution is -2.45. The SMILES string of the molecule is CCCCCCCCc1ccc(C(=O)NC[C@@H]2CCCN2C(=N)N)cc1. The van der Waals surface area contributed by atoms with Crippen molar-refractivity contribution < 1.29 is 4.79 Å². The summed E-state index contributed by atoms with van der Waals surface area (Å²) in [6.45, 7) is 3.59. The van der Waals surface area contributed by atoms with E-state index < -0.39 is 0 Å². The maximum absolute atomic E-state index is 12.3. The number of guanidine groups is 1. The molecule has 0 spiro atoms. The summed E-state index contributed by atoms with van der Waals surface area (Å²) in [5.74, 6) is 0.0484. The van der Waals surface area contributed by atoms with Crippen molar-refractivity contribution in [1.29, 1.82) is 5.41 Å². The minimum atomic E-state index is -0.0495. The lowest BCUT2D eigenvalue weighted by atomic mass is 10.0. The number of nitrogens with zero attached hydrogens (tertiary/aromatic N) is 1. The van der Waals surface area contributed by atoms with Crippen molar-refractivity contribution in [1.82, 2.24) is 10.2 Å². The number of aryl methyl sites for hydroxylation is 1. The van der Waals surface area contributed by atoms with E-state index in [1.54, 1.807) is 0 Å². The van der Waals surface area contributed by atoms with Gasteiger partial charge in [-0.15, -0.1) is 0 Å². The van der Waals surface area contributed by atoms with Crippen molar-refractivity contribution in [3.05, 3.63) is 35.4 Å². The highest BCUT2D eigenvalue weighted by Crippen LogP contribution is 2.16. The van der Waals surface area contributed by atoms with Gasteiger partial charge in [0.15, 0.2) is 5.96 Å². The first-order valence-corrected chi connectivity index (χ1v) is 10.1. The maximum atomic E-state index is 12.3. The summed E-state index contributed by atoms with van der Waals surface area (Å²) in [5, 5.41) is 10.6. The lowest BCUT2D eigenvalue weighted by Gasteiger charge is -2.24. The summed E-state index contributed by atoms with van der Waals surface area (Å²) in [7, 11) is 0. The molecule has 0 aliphatic carbocycles. The van der Waals surface area contributed by atoms with Gasteiger partial charge >= 0.3 is 0 Å². The van der Waals surface area contributed by atoms with Crippen LogP contribution in [0.2, 0.25) is 0 Å². The van der Waals surface area contributed by atoms with Crippen molar-refractivity contribution >= 4 is 11.9 Å². The Balaban J connectivity index is 1.71. The molecule has 2 rings (SSSR count). The molecule has 0 aromatic heterocycles. The Morgan fingerprint density at radius 1 is 1.19 bits per heavy atom. The van der Waals surface area contributed by atoms with Gasteiger partial charge in [0, 0.05) is 24.7 Å². The number of amides is 1. The van der Waals surface area contributed by atoms with Crippen molar-refractivity contribution in [3.8, 4) is 0 Å². The standard InChI is InChI=1S/C21H34N4O/c1-2-3-4-5-6-7-9-17-11-13-18(14-12-17)20(26)24-16-19-10-8-15-25(19)21(22)23/h11-14,19H,2-10,15-16H2,1H3,(H3,22,23)(H,24,26)/t19-/m0/s1. The minimum absolute atomic E-state index is 0.0495. The number of carbonyl (C=O) groups is 1. The Bertz CT molecular complexity index is 570. The quantitative estimate of drug-likeness (QED) is 0.339. The molecule has 4 N–H and O–H groups in total. The van der Waals surface area contributed by atoms with E-state index in [1.807, 2.05) is 17.0 Å². The second-order valence-electron chi connectivity index (χ2n) is 7.30. The van der Waals surface area contributed by atoms with Gasteiger partial charge < -0.3 is 16.0 Å². The van der Waals surface area contributed by atoms with Gasteiger partial charge in [0.25, 0.3) is 5.91 Å². The zero-order chi connectivity index (χ0) is 18.8. The number of nitrogens with two attached hydrogens (primary N) is 1. The summed E-state index contributed by atoms with van der Waals surface area (Å²) < 4.78 is 0. The van der Waals surface area contributed by atoms with Gasteiger partial charge in [0.2, 0.25) is 0 Å². The first-order chi connectivity index (χ1) is 12.6. The second-order valence-corrected chi connectivity index (χ2v) is 7.30. The number of rotatable bonds is 10. The van der Waals surface area contributed by atoms with E-state index in [-0.39, 0.29) is 17.9 Å². The zero-order valence-electron chi connectivity index (χ0n) is 16.1. The van der Waals surface area contributed by atoms with Crippen LogP contribution in [-0.4, -0.2) is 35.9 Å². The average Bonchev–Trinajstić information content (AvgIpc) is 3.12. The van der Waals surface area contributed by atoms with Crippen LogP contribution < -0.4 is 11.1 Å². The molecule has 1 atom stereocenters. The fourth-order valence-electron chi connectivity index (χ4n) is 3.61. The molecular weight excluding hydrogens is 324 g/mol. The number of hydrogen-bond acceptors (Lipinski definition) is 2. The molecule has 0 unspecified atom stereocenters. The van der Waals surface area contributed by atoms with E-state index in [2.05, 4.69) is 24.4 Å². The normalized spacial score (nSPS) is 16.7. The summed E-state index contributed by atoms with van der Waals surface area (Å²) >= 11 is 0. The molecule has 26 heavy (non-hydrogen) atoms. The Hall–Kier alpha value is -2.04. The molecule has 1 fully saturated rings. The summed E-state index contributed by atoms with van der Waals surface area (Å²) in [6, 6.07) is 8.11. The van der Waals surface area contributed by atoms with Crippen LogP contribution in [0, 0.1) is 5.41 Å². The highest BCUT2D eigenvalue weighted by atomic mass is 16.1. The van der Waals surface area contributed by atoms with Gasteiger partial charge in [-0.25, -0.2) is 0 Å². The van der Waals surface area contributed by atoms with Crippen molar-refractivity contribution in [3.63, 3.8) is 0 Å². The fraction of sp³-hybridized carbons (Fsp3) is 0.619. The van der Waals surface area contributed by atoms with Gasteiger partial charge in [-0.1, -0.05) is 51.2 Å². The molecule has 1 aromatic carbocycles. The van der Waals surface area contributed by atoms with Crippen LogP contribution in [0.15, 0.2) is 24.3 Å². The average molecular weight is 359 g/mol. The Morgan fingerprint density at radius 3 is 2.58 bits per heavy atom. The number of carbonyl (C=O) groups excluding carboxylic acids is 1. The fourth-order valence-corrected chi connectivity index (χ4v) is 3.61.